The maximum Gasteiger partial charge on any atom is 0.148 e. The van der Waals surface area contributed by atoms with E-state index in [1.165, 1.54) is 22.3 Å². The van der Waals surface area contributed by atoms with Crippen LogP contribution in [0.2, 0.25) is 0 Å². The Hall–Kier alpha value is -1.77. The van der Waals surface area contributed by atoms with Crippen LogP contribution < -0.4 is 5.32 Å². The number of hydrogen-bond donors (Lipinski definition) is 2. The van der Waals surface area contributed by atoms with Crippen molar-refractivity contribution in [2.24, 2.45) is 0 Å². The molecule has 0 fully saturated rings. The third-order valence-electron chi connectivity index (χ3n) is 3.08. The molecule has 0 amide bonds. The number of rotatable bonds is 4. The van der Waals surface area contributed by atoms with Crippen LogP contribution >= 0.6 is 0 Å². The fraction of sp³-hybridized carbons (Fsp3) is 0.400. The quantitative estimate of drug-likeness (QED) is 0.857. The summed E-state index contributed by atoms with van der Waals surface area (Å²) in [6.45, 7) is 9.53. The zero-order valence-electron chi connectivity index (χ0n) is 11.6. The lowest BCUT2D eigenvalue weighted by molar-refractivity contribution is 0.961. The number of benzene rings is 1. The smallest absolute Gasteiger partial charge is 0.148 e. The van der Waals surface area contributed by atoms with E-state index in [4.69, 9.17) is 0 Å². The molecule has 1 aromatic heterocycles. The summed E-state index contributed by atoms with van der Waals surface area (Å²) in [5.74, 6) is 0.922. The van der Waals surface area contributed by atoms with Gasteiger partial charge in [0, 0.05) is 18.2 Å². The standard InChI is InChI=1S/C15H21N3/c1-5-6-16-14-9-13(17-18-14)15-11(3)7-10(2)8-12(15)4/h7-9H,5-6H2,1-4H3,(H2,16,17,18). The second-order valence-corrected chi connectivity index (χ2v) is 4.87. The Morgan fingerprint density at radius 2 is 1.78 bits per heavy atom. The van der Waals surface area contributed by atoms with Crippen molar-refractivity contribution < 1.29 is 0 Å². The summed E-state index contributed by atoms with van der Waals surface area (Å²) in [5, 5.41) is 10.7. The summed E-state index contributed by atoms with van der Waals surface area (Å²) in [7, 11) is 0. The molecule has 0 saturated carbocycles. The average Bonchev–Trinajstić information content (AvgIpc) is 2.73. The molecule has 0 aliphatic rings. The Bertz CT molecular complexity index is 517. The van der Waals surface area contributed by atoms with Gasteiger partial charge in [0.2, 0.25) is 0 Å². The van der Waals surface area contributed by atoms with E-state index >= 15 is 0 Å². The van der Waals surface area contributed by atoms with E-state index in [1.807, 2.05) is 0 Å². The molecule has 3 nitrogen and oxygen atoms in total. The lowest BCUT2D eigenvalue weighted by Crippen LogP contribution is -1.99. The van der Waals surface area contributed by atoms with E-state index in [0.717, 1.165) is 24.5 Å². The number of aromatic amines is 1. The van der Waals surface area contributed by atoms with Crippen LogP contribution in [0.1, 0.15) is 30.0 Å². The van der Waals surface area contributed by atoms with Crippen molar-refractivity contribution in [3.63, 3.8) is 0 Å². The summed E-state index contributed by atoms with van der Waals surface area (Å²) < 4.78 is 0. The van der Waals surface area contributed by atoms with Gasteiger partial charge in [0.05, 0.1) is 5.69 Å². The summed E-state index contributed by atoms with van der Waals surface area (Å²) in [5.41, 5.74) is 6.23. The summed E-state index contributed by atoms with van der Waals surface area (Å²) in [4.78, 5) is 0. The van der Waals surface area contributed by atoms with E-state index in [9.17, 15) is 0 Å². The number of hydrogen-bond acceptors (Lipinski definition) is 2. The van der Waals surface area contributed by atoms with Crippen molar-refractivity contribution in [3.05, 3.63) is 34.9 Å². The first-order valence-corrected chi connectivity index (χ1v) is 6.49. The number of nitrogens with one attached hydrogen (secondary N) is 2. The molecule has 3 heteroatoms. The molecule has 0 aliphatic carbocycles. The van der Waals surface area contributed by atoms with Crippen molar-refractivity contribution in [2.75, 3.05) is 11.9 Å². The van der Waals surface area contributed by atoms with Gasteiger partial charge < -0.3 is 5.32 Å². The highest BCUT2D eigenvalue weighted by Gasteiger charge is 2.09. The number of aryl methyl sites for hydroxylation is 3. The van der Waals surface area contributed by atoms with Gasteiger partial charge in [-0.2, -0.15) is 5.10 Å². The van der Waals surface area contributed by atoms with E-state index in [2.05, 4.69) is 61.4 Å². The molecule has 0 aliphatic heterocycles. The lowest BCUT2D eigenvalue weighted by Gasteiger charge is -2.08. The van der Waals surface area contributed by atoms with E-state index in [0.29, 0.717) is 0 Å². The van der Waals surface area contributed by atoms with Crippen molar-refractivity contribution >= 4 is 5.82 Å². The Morgan fingerprint density at radius 3 is 2.39 bits per heavy atom. The molecule has 96 valence electrons. The van der Waals surface area contributed by atoms with Crippen LogP contribution in [0.3, 0.4) is 0 Å². The van der Waals surface area contributed by atoms with Gasteiger partial charge in [0.15, 0.2) is 0 Å². The largest absolute Gasteiger partial charge is 0.369 e. The Balaban J connectivity index is 2.34. The molecule has 1 aromatic carbocycles. The lowest BCUT2D eigenvalue weighted by atomic mass is 9.97. The molecule has 2 N–H and O–H groups in total. The van der Waals surface area contributed by atoms with Gasteiger partial charge in [0.1, 0.15) is 5.82 Å². The Kier molecular flexibility index (Phi) is 3.70. The minimum atomic E-state index is 0.922. The molecule has 18 heavy (non-hydrogen) atoms. The second kappa shape index (κ2) is 5.25. The van der Waals surface area contributed by atoms with E-state index < -0.39 is 0 Å². The molecule has 0 bridgehead atoms. The average molecular weight is 243 g/mol. The minimum absolute atomic E-state index is 0.922. The van der Waals surface area contributed by atoms with Crippen LogP contribution in [-0.2, 0) is 0 Å². The van der Waals surface area contributed by atoms with Crippen LogP contribution in [0.4, 0.5) is 5.82 Å². The molecule has 2 aromatic rings. The van der Waals surface area contributed by atoms with Crippen LogP contribution in [0.15, 0.2) is 18.2 Å². The molecule has 0 spiro atoms. The highest BCUT2D eigenvalue weighted by molar-refractivity contribution is 5.70. The second-order valence-electron chi connectivity index (χ2n) is 4.87. The molecule has 0 saturated heterocycles. The number of nitrogens with zero attached hydrogens (tertiary/aromatic N) is 1. The van der Waals surface area contributed by atoms with Gasteiger partial charge in [-0.25, -0.2) is 0 Å². The fourth-order valence-corrected chi connectivity index (χ4v) is 2.40. The normalized spacial score (nSPS) is 10.7. The zero-order chi connectivity index (χ0) is 13.1. The molecule has 0 unspecified atom stereocenters. The first-order chi connectivity index (χ1) is 8.61. The predicted molar refractivity (Wildman–Crippen MR) is 77.0 cm³/mol. The number of aromatic nitrogens is 2. The molecule has 0 radical (unpaired) electrons. The Morgan fingerprint density at radius 1 is 1.11 bits per heavy atom. The van der Waals surface area contributed by atoms with Gasteiger partial charge in [-0.15, -0.1) is 0 Å². The van der Waals surface area contributed by atoms with Gasteiger partial charge in [-0.05, 0) is 38.3 Å². The molecular weight excluding hydrogens is 222 g/mol. The van der Waals surface area contributed by atoms with Crippen LogP contribution in [0, 0.1) is 20.8 Å². The van der Waals surface area contributed by atoms with Gasteiger partial charge in [0.25, 0.3) is 0 Å². The highest BCUT2D eigenvalue weighted by atomic mass is 15.2. The topological polar surface area (TPSA) is 40.7 Å². The maximum atomic E-state index is 4.30. The van der Waals surface area contributed by atoms with Crippen LogP contribution in [0.5, 0.6) is 0 Å². The van der Waals surface area contributed by atoms with Gasteiger partial charge in [-0.3, -0.25) is 5.10 Å². The first kappa shape index (κ1) is 12.7. The van der Waals surface area contributed by atoms with E-state index in [-0.39, 0.29) is 0 Å². The van der Waals surface area contributed by atoms with Crippen molar-refractivity contribution in [1.82, 2.24) is 10.2 Å². The number of H-pyrrole nitrogens is 1. The van der Waals surface area contributed by atoms with Crippen molar-refractivity contribution in [1.29, 1.82) is 0 Å². The molecule has 0 atom stereocenters. The SMILES string of the molecule is CCCNc1cc(-c2c(C)cc(C)cc2C)[nH]n1. The number of anilines is 1. The first-order valence-electron chi connectivity index (χ1n) is 6.49. The van der Waals surface area contributed by atoms with Crippen LogP contribution in [-0.4, -0.2) is 16.7 Å². The van der Waals surface area contributed by atoms with Gasteiger partial charge in [-0.1, -0.05) is 24.6 Å². The monoisotopic (exact) mass is 243 g/mol. The highest BCUT2D eigenvalue weighted by Crippen LogP contribution is 2.28. The van der Waals surface area contributed by atoms with Crippen molar-refractivity contribution in [3.8, 4) is 11.3 Å². The zero-order valence-corrected chi connectivity index (χ0v) is 11.6. The Labute approximate surface area is 109 Å². The third-order valence-corrected chi connectivity index (χ3v) is 3.08. The van der Waals surface area contributed by atoms with Gasteiger partial charge >= 0.3 is 0 Å². The summed E-state index contributed by atoms with van der Waals surface area (Å²) >= 11 is 0. The maximum absolute atomic E-state index is 4.30. The molecule has 2 rings (SSSR count). The van der Waals surface area contributed by atoms with E-state index in [1.54, 1.807) is 0 Å². The predicted octanol–water partition coefficient (Wildman–Crippen LogP) is 3.82. The summed E-state index contributed by atoms with van der Waals surface area (Å²) in [6.07, 6.45) is 1.10. The summed E-state index contributed by atoms with van der Waals surface area (Å²) in [6, 6.07) is 6.50. The van der Waals surface area contributed by atoms with Crippen LogP contribution in [0.25, 0.3) is 11.3 Å². The third kappa shape index (κ3) is 2.55. The van der Waals surface area contributed by atoms with Crippen molar-refractivity contribution in [2.45, 2.75) is 34.1 Å². The minimum Gasteiger partial charge on any atom is -0.369 e. The fourth-order valence-electron chi connectivity index (χ4n) is 2.40. The molecular formula is C15H21N3. The molecule has 1 heterocycles.